The van der Waals surface area contributed by atoms with Crippen LogP contribution in [-0.2, 0) is 14.3 Å². The Labute approximate surface area is 167 Å². The van der Waals surface area contributed by atoms with E-state index in [-0.39, 0.29) is 29.1 Å². The Hall–Kier alpha value is -2.35. The van der Waals surface area contributed by atoms with E-state index in [1.807, 2.05) is 6.92 Å². The molecular weight excluding hydrogens is 384 g/mol. The van der Waals surface area contributed by atoms with Gasteiger partial charge in [0, 0.05) is 19.0 Å². The number of fused-ring (bicyclic) bond motifs is 4. The lowest BCUT2D eigenvalue weighted by Crippen LogP contribution is -2.52. The Bertz CT molecular complexity index is 907. The fourth-order valence-corrected chi connectivity index (χ4v) is 4.83. The maximum absolute atomic E-state index is 12.7. The van der Waals surface area contributed by atoms with Gasteiger partial charge in [-0.15, -0.1) is 5.10 Å². The van der Waals surface area contributed by atoms with Gasteiger partial charge in [-0.1, -0.05) is 0 Å². The molecule has 1 N–H and O–H groups in total. The lowest BCUT2D eigenvalue weighted by molar-refractivity contribution is -0.154. The highest BCUT2D eigenvalue weighted by Crippen LogP contribution is 2.47. The highest BCUT2D eigenvalue weighted by Gasteiger charge is 2.48. The average molecular weight is 407 g/mol. The first-order valence-electron chi connectivity index (χ1n) is 9.64. The summed E-state index contributed by atoms with van der Waals surface area (Å²) in [4.78, 5) is 28.3. The summed E-state index contributed by atoms with van der Waals surface area (Å²) < 4.78 is 12.0. The van der Waals surface area contributed by atoms with Gasteiger partial charge in [-0.05, 0) is 62.1 Å². The first-order chi connectivity index (χ1) is 13.5. The minimum atomic E-state index is -0.448. The third kappa shape index (κ3) is 3.41. The molecule has 2 bridgehead atoms. The Morgan fingerprint density at radius 3 is 2.64 bits per heavy atom. The SMILES string of the molecule is CCOC(=O)[C@H]1C2CCC(CC2)[C@@H]1Nc1nc(Cl)nn2c(OC(C)=O)ccc12. The zero-order valence-electron chi connectivity index (χ0n) is 15.9. The number of rotatable bonds is 5. The maximum Gasteiger partial charge on any atom is 0.311 e. The van der Waals surface area contributed by atoms with Crippen LogP contribution in [0.25, 0.3) is 5.52 Å². The van der Waals surface area contributed by atoms with Crippen LogP contribution < -0.4 is 10.1 Å². The van der Waals surface area contributed by atoms with E-state index in [4.69, 9.17) is 21.1 Å². The number of carbonyl (C=O) groups is 2. The Kier molecular flexibility index (Phi) is 5.14. The zero-order chi connectivity index (χ0) is 19.8. The van der Waals surface area contributed by atoms with Crippen molar-refractivity contribution in [2.45, 2.75) is 45.6 Å². The molecule has 28 heavy (non-hydrogen) atoms. The molecule has 2 aromatic heterocycles. The van der Waals surface area contributed by atoms with E-state index in [2.05, 4.69) is 15.4 Å². The minimum absolute atomic E-state index is 0.0215. The number of esters is 2. The second kappa shape index (κ2) is 7.58. The van der Waals surface area contributed by atoms with Crippen LogP contribution in [0.5, 0.6) is 5.88 Å². The van der Waals surface area contributed by atoms with Crippen LogP contribution in [0.1, 0.15) is 39.5 Å². The number of anilines is 1. The molecule has 0 aromatic carbocycles. The van der Waals surface area contributed by atoms with E-state index in [1.165, 1.54) is 11.4 Å². The molecule has 0 spiro atoms. The lowest BCUT2D eigenvalue weighted by atomic mass is 9.61. The van der Waals surface area contributed by atoms with E-state index in [9.17, 15) is 9.59 Å². The molecule has 150 valence electrons. The molecule has 0 amide bonds. The summed E-state index contributed by atoms with van der Waals surface area (Å²) in [6.45, 7) is 3.52. The molecule has 3 aliphatic rings. The molecular formula is C19H23ClN4O4. The number of hydrogen-bond acceptors (Lipinski definition) is 7. The maximum atomic E-state index is 12.7. The molecule has 0 unspecified atom stereocenters. The Balaban J connectivity index is 1.69. The van der Waals surface area contributed by atoms with Crippen LogP contribution in [0.15, 0.2) is 12.1 Å². The summed E-state index contributed by atoms with van der Waals surface area (Å²) in [5, 5.41) is 7.61. The number of nitrogens with zero attached hydrogens (tertiary/aromatic N) is 3. The summed E-state index contributed by atoms with van der Waals surface area (Å²) >= 11 is 6.12. The highest BCUT2D eigenvalue weighted by atomic mass is 35.5. The summed E-state index contributed by atoms with van der Waals surface area (Å²) in [6, 6.07) is 3.33. The Morgan fingerprint density at radius 1 is 1.25 bits per heavy atom. The molecule has 8 nitrogen and oxygen atoms in total. The van der Waals surface area contributed by atoms with Gasteiger partial charge in [-0.3, -0.25) is 9.59 Å². The van der Waals surface area contributed by atoms with Crippen molar-refractivity contribution in [2.75, 3.05) is 11.9 Å². The fourth-order valence-electron chi connectivity index (χ4n) is 4.67. The van der Waals surface area contributed by atoms with Crippen LogP contribution >= 0.6 is 11.6 Å². The van der Waals surface area contributed by atoms with Gasteiger partial charge >= 0.3 is 11.9 Å². The van der Waals surface area contributed by atoms with Crippen molar-refractivity contribution in [2.24, 2.45) is 17.8 Å². The molecule has 3 fully saturated rings. The third-order valence-electron chi connectivity index (χ3n) is 5.78. The first-order valence-corrected chi connectivity index (χ1v) is 10.0. The molecule has 9 heteroatoms. The highest BCUT2D eigenvalue weighted by molar-refractivity contribution is 6.28. The molecule has 3 saturated carbocycles. The minimum Gasteiger partial charge on any atom is -0.466 e. The van der Waals surface area contributed by atoms with E-state index >= 15 is 0 Å². The summed E-state index contributed by atoms with van der Waals surface area (Å²) in [5.41, 5.74) is 0.629. The number of ether oxygens (including phenoxy) is 2. The molecule has 0 aliphatic heterocycles. The number of aromatic nitrogens is 3. The summed E-state index contributed by atoms with van der Waals surface area (Å²) in [5.74, 6) is 0.670. The van der Waals surface area contributed by atoms with Crippen molar-refractivity contribution >= 4 is 34.9 Å². The molecule has 0 saturated heterocycles. The fraction of sp³-hybridized carbons (Fsp3) is 0.579. The second-order valence-corrected chi connectivity index (χ2v) is 7.75. The number of carbonyl (C=O) groups excluding carboxylic acids is 2. The van der Waals surface area contributed by atoms with Crippen molar-refractivity contribution in [3.8, 4) is 5.88 Å². The predicted octanol–water partition coefficient (Wildman–Crippen LogP) is 3.09. The van der Waals surface area contributed by atoms with Gasteiger partial charge in [0.1, 0.15) is 5.52 Å². The summed E-state index contributed by atoms with van der Waals surface area (Å²) in [6.07, 6.45) is 4.25. The van der Waals surface area contributed by atoms with E-state index in [1.54, 1.807) is 12.1 Å². The van der Waals surface area contributed by atoms with Gasteiger partial charge in [0.25, 0.3) is 0 Å². The first kappa shape index (κ1) is 19.0. The van der Waals surface area contributed by atoms with Gasteiger partial charge in [-0.25, -0.2) is 0 Å². The third-order valence-corrected chi connectivity index (χ3v) is 5.94. The van der Waals surface area contributed by atoms with Gasteiger partial charge in [0.15, 0.2) is 5.82 Å². The second-order valence-electron chi connectivity index (χ2n) is 7.41. The van der Waals surface area contributed by atoms with Crippen molar-refractivity contribution in [3.05, 3.63) is 17.4 Å². The van der Waals surface area contributed by atoms with Crippen LogP contribution in [-0.4, -0.2) is 39.2 Å². The quantitative estimate of drug-likeness (QED) is 0.762. The Morgan fingerprint density at radius 2 is 1.96 bits per heavy atom. The van der Waals surface area contributed by atoms with Crippen LogP contribution in [0.4, 0.5) is 5.82 Å². The molecule has 2 aromatic rings. The van der Waals surface area contributed by atoms with Gasteiger partial charge in [0.2, 0.25) is 11.2 Å². The van der Waals surface area contributed by atoms with Gasteiger partial charge < -0.3 is 14.8 Å². The largest absolute Gasteiger partial charge is 0.466 e. The molecule has 2 atom stereocenters. The number of hydrogen-bond donors (Lipinski definition) is 1. The van der Waals surface area contributed by atoms with E-state index in [0.717, 1.165) is 25.7 Å². The van der Waals surface area contributed by atoms with E-state index in [0.29, 0.717) is 29.8 Å². The lowest BCUT2D eigenvalue weighted by Gasteiger charge is -2.47. The van der Waals surface area contributed by atoms with Gasteiger partial charge in [-0.2, -0.15) is 9.50 Å². The standard InChI is InChI=1S/C19H23ClN4O4/c1-3-27-18(26)15-11-4-6-12(7-5-11)16(15)21-17-13-8-9-14(28-10(2)25)24(13)23-19(20)22-17/h8-9,11-12,15-16H,3-7H2,1-2H3,(H,21,22,23)/t11?,12?,15-,16-/m0/s1. The number of halogens is 1. The van der Waals surface area contributed by atoms with Crippen molar-refractivity contribution < 1.29 is 19.1 Å². The normalized spacial score (nSPS) is 26.2. The van der Waals surface area contributed by atoms with E-state index < -0.39 is 5.97 Å². The topological polar surface area (TPSA) is 94.8 Å². The number of nitrogens with one attached hydrogen (secondary N) is 1. The van der Waals surface area contributed by atoms with Crippen LogP contribution in [0.2, 0.25) is 5.28 Å². The molecule has 5 rings (SSSR count). The van der Waals surface area contributed by atoms with Gasteiger partial charge in [0.05, 0.1) is 12.5 Å². The molecule has 0 radical (unpaired) electrons. The van der Waals surface area contributed by atoms with Crippen LogP contribution in [0, 0.1) is 17.8 Å². The van der Waals surface area contributed by atoms with Crippen molar-refractivity contribution in [1.82, 2.24) is 14.6 Å². The monoisotopic (exact) mass is 406 g/mol. The summed E-state index contributed by atoms with van der Waals surface area (Å²) in [7, 11) is 0. The van der Waals surface area contributed by atoms with Crippen molar-refractivity contribution in [3.63, 3.8) is 0 Å². The van der Waals surface area contributed by atoms with Crippen LogP contribution in [0.3, 0.4) is 0 Å². The molecule has 2 heterocycles. The smallest absolute Gasteiger partial charge is 0.311 e. The zero-order valence-corrected chi connectivity index (χ0v) is 16.6. The molecule has 3 aliphatic carbocycles. The van der Waals surface area contributed by atoms with Crippen molar-refractivity contribution in [1.29, 1.82) is 0 Å². The predicted molar refractivity (Wildman–Crippen MR) is 102 cm³/mol. The average Bonchev–Trinajstić information content (AvgIpc) is 3.05.